The summed E-state index contributed by atoms with van der Waals surface area (Å²) in [6, 6.07) is 0. The Bertz CT molecular complexity index is 529. The van der Waals surface area contributed by atoms with Gasteiger partial charge in [-0.2, -0.15) is 4.98 Å². The van der Waals surface area contributed by atoms with E-state index in [1.54, 1.807) is 12.4 Å². The molecule has 0 saturated heterocycles. The average Bonchev–Trinajstić information content (AvgIpc) is 3.00. The Morgan fingerprint density at radius 3 is 2.59 bits per heavy atom. The summed E-state index contributed by atoms with van der Waals surface area (Å²) < 4.78 is 5.25. The van der Waals surface area contributed by atoms with E-state index in [0.717, 1.165) is 18.4 Å². The van der Waals surface area contributed by atoms with Crippen molar-refractivity contribution >= 4 is 0 Å². The first-order valence-corrected chi connectivity index (χ1v) is 5.57. The number of nitrogens with zero attached hydrogens (tertiary/aromatic N) is 4. The third-order valence-corrected chi connectivity index (χ3v) is 3.10. The molecule has 2 aromatic rings. The highest BCUT2D eigenvalue weighted by atomic mass is 16.5. The molecule has 2 heterocycles. The Kier molecular flexibility index (Phi) is 2.19. The van der Waals surface area contributed by atoms with E-state index in [1.165, 1.54) is 0 Å². The summed E-state index contributed by atoms with van der Waals surface area (Å²) in [6.07, 6.45) is 5.49. The van der Waals surface area contributed by atoms with Crippen LogP contribution >= 0.6 is 0 Å². The molecule has 0 unspecified atom stereocenters. The Labute approximate surface area is 98.3 Å². The van der Waals surface area contributed by atoms with Crippen molar-refractivity contribution in [3.63, 3.8) is 0 Å². The molecule has 0 aliphatic heterocycles. The van der Waals surface area contributed by atoms with Crippen molar-refractivity contribution in [2.75, 3.05) is 6.54 Å². The lowest BCUT2D eigenvalue weighted by molar-refractivity contribution is 0.347. The van der Waals surface area contributed by atoms with Crippen LogP contribution in [-0.4, -0.2) is 26.7 Å². The van der Waals surface area contributed by atoms with Gasteiger partial charge in [-0.25, -0.2) is 9.97 Å². The highest BCUT2D eigenvalue weighted by Gasteiger charge is 2.48. The van der Waals surface area contributed by atoms with Crippen LogP contribution in [-0.2, 0) is 5.41 Å². The van der Waals surface area contributed by atoms with Crippen LogP contribution in [0.3, 0.4) is 0 Å². The zero-order chi connectivity index (χ0) is 11.9. The fourth-order valence-corrected chi connectivity index (χ4v) is 1.69. The predicted molar refractivity (Wildman–Crippen MR) is 60.0 cm³/mol. The van der Waals surface area contributed by atoms with Gasteiger partial charge in [-0.1, -0.05) is 5.16 Å². The van der Waals surface area contributed by atoms with Gasteiger partial charge in [0, 0.05) is 18.9 Å². The van der Waals surface area contributed by atoms with Gasteiger partial charge in [0.1, 0.15) is 0 Å². The second-order valence-corrected chi connectivity index (χ2v) is 4.49. The zero-order valence-corrected chi connectivity index (χ0v) is 9.55. The van der Waals surface area contributed by atoms with Gasteiger partial charge in [0.25, 0.3) is 0 Å². The number of nitrogens with two attached hydrogens (primary N) is 1. The molecule has 3 rings (SSSR count). The van der Waals surface area contributed by atoms with Crippen molar-refractivity contribution < 1.29 is 4.52 Å². The Balaban J connectivity index is 1.92. The number of hydrogen-bond donors (Lipinski definition) is 1. The molecule has 2 N–H and O–H groups in total. The minimum atomic E-state index is -0.0874. The Hall–Kier alpha value is -1.82. The molecule has 88 valence electrons. The molecule has 1 fully saturated rings. The van der Waals surface area contributed by atoms with Crippen molar-refractivity contribution in [1.29, 1.82) is 0 Å². The van der Waals surface area contributed by atoms with E-state index < -0.39 is 0 Å². The van der Waals surface area contributed by atoms with Crippen LogP contribution < -0.4 is 5.73 Å². The molecule has 0 amide bonds. The van der Waals surface area contributed by atoms with Crippen LogP contribution in [0.4, 0.5) is 0 Å². The fourth-order valence-electron chi connectivity index (χ4n) is 1.69. The van der Waals surface area contributed by atoms with Crippen LogP contribution in [0.15, 0.2) is 16.9 Å². The first-order chi connectivity index (χ1) is 8.23. The Morgan fingerprint density at radius 1 is 1.29 bits per heavy atom. The van der Waals surface area contributed by atoms with Gasteiger partial charge >= 0.3 is 0 Å². The van der Waals surface area contributed by atoms with E-state index in [2.05, 4.69) is 20.1 Å². The first-order valence-electron chi connectivity index (χ1n) is 5.57. The monoisotopic (exact) mass is 231 g/mol. The van der Waals surface area contributed by atoms with Gasteiger partial charge in [0.05, 0.1) is 5.41 Å². The van der Waals surface area contributed by atoms with E-state index >= 15 is 0 Å². The van der Waals surface area contributed by atoms with Gasteiger partial charge in [-0.05, 0) is 25.3 Å². The van der Waals surface area contributed by atoms with Crippen molar-refractivity contribution in [3.8, 4) is 11.6 Å². The molecule has 0 bridgehead atoms. The molecule has 0 atom stereocenters. The molecule has 1 aliphatic rings. The Morgan fingerprint density at radius 2 is 2.00 bits per heavy atom. The van der Waals surface area contributed by atoms with Gasteiger partial charge in [-0.3, -0.25) is 0 Å². The first kappa shape index (κ1) is 10.3. The summed E-state index contributed by atoms with van der Waals surface area (Å²) in [7, 11) is 0. The molecule has 0 aromatic carbocycles. The second-order valence-electron chi connectivity index (χ2n) is 4.49. The minimum Gasteiger partial charge on any atom is -0.338 e. The lowest BCUT2D eigenvalue weighted by atomic mass is 10.1. The van der Waals surface area contributed by atoms with E-state index in [-0.39, 0.29) is 5.41 Å². The van der Waals surface area contributed by atoms with Gasteiger partial charge < -0.3 is 10.3 Å². The third kappa shape index (κ3) is 1.70. The van der Waals surface area contributed by atoms with Gasteiger partial charge in [0.2, 0.25) is 17.5 Å². The number of aryl methyl sites for hydroxylation is 1. The number of aromatic nitrogens is 4. The quantitative estimate of drug-likeness (QED) is 0.841. The maximum Gasteiger partial charge on any atom is 0.240 e. The highest BCUT2D eigenvalue weighted by Crippen LogP contribution is 2.46. The SMILES string of the molecule is Cc1cnc(-c2noc(C3(CN)CC3)n2)nc1. The normalized spacial score (nSPS) is 17.1. The molecule has 2 aromatic heterocycles. The zero-order valence-electron chi connectivity index (χ0n) is 9.55. The van der Waals surface area contributed by atoms with Crippen LogP contribution in [0, 0.1) is 6.92 Å². The summed E-state index contributed by atoms with van der Waals surface area (Å²) in [6.45, 7) is 2.47. The molecule has 6 nitrogen and oxygen atoms in total. The number of hydrogen-bond acceptors (Lipinski definition) is 6. The van der Waals surface area contributed by atoms with E-state index in [4.69, 9.17) is 10.3 Å². The maximum absolute atomic E-state index is 5.71. The molecule has 1 saturated carbocycles. The third-order valence-electron chi connectivity index (χ3n) is 3.10. The lowest BCUT2D eigenvalue weighted by Crippen LogP contribution is -2.19. The molecular formula is C11H13N5O. The average molecular weight is 231 g/mol. The topological polar surface area (TPSA) is 90.7 Å². The molecular weight excluding hydrogens is 218 g/mol. The van der Waals surface area contributed by atoms with E-state index in [0.29, 0.717) is 24.1 Å². The summed E-state index contributed by atoms with van der Waals surface area (Å²) in [5, 5.41) is 3.90. The van der Waals surface area contributed by atoms with Crippen LogP contribution in [0.2, 0.25) is 0 Å². The smallest absolute Gasteiger partial charge is 0.240 e. The summed E-state index contributed by atoms with van der Waals surface area (Å²) >= 11 is 0. The largest absolute Gasteiger partial charge is 0.338 e. The minimum absolute atomic E-state index is 0.0874. The predicted octanol–water partition coefficient (Wildman–Crippen LogP) is 0.825. The van der Waals surface area contributed by atoms with Crippen LogP contribution in [0.25, 0.3) is 11.6 Å². The van der Waals surface area contributed by atoms with E-state index in [1.807, 2.05) is 6.92 Å². The second kappa shape index (κ2) is 3.59. The van der Waals surface area contributed by atoms with Crippen LogP contribution in [0.5, 0.6) is 0 Å². The molecule has 0 spiro atoms. The highest BCUT2D eigenvalue weighted by molar-refractivity contribution is 5.41. The van der Waals surface area contributed by atoms with Crippen molar-refractivity contribution in [2.24, 2.45) is 5.73 Å². The number of rotatable bonds is 3. The maximum atomic E-state index is 5.71. The lowest BCUT2D eigenvalue weighted by Gasteiger charge is -2.03. The van der Waals surface area contributed by atoms with Gasteiger partial charge in [0.15, 0.2) is 0 Å². The molecule has 17 heavy (non-hydrogen) atoms. The van der Waals surface area contributed by atoms with Crippen molar-refractivity contribution in [2.45, 2.75) is 25.2 Å². The van der Waals surface area contributed by atoms with Crippen molar-refractivity contribution in [3.05, 3.63) is 23.8 Å². The van der Waals surface area contributed by atoms with Crippen molar-refractivity contribution in [1.82, 2.24) is 20.1 Å². The van der Waals surface area contributed by atoms with E-state index in [9.17, 15) is 0 Å². The van der Waals surface area contributed by atoms with Gasteiger partial charge in [-0.15, -0.1) is 0 Å². The summed E-state index contributed by atoms with van der Waals surface area (Å²) in [5.74, 6) is 1.53. The molecule has 1 aliphatic carbocycles. The molecule has 0 radical (unpaired) electrons. The summed E-state index contributed by atoms with van der Waals surface area (Å²) in [4.78, 5) is 12.7. The molecule has 6 heteroatoms. The standard InChI is InChI=1S/C11H13N5O/c1-7-4-13-8(14-5-7)9-15-10(17-16-9)11(6-12)2-3-11/h4-5H,2-3,6,12H2,1H3. The summed E-state index contributed by atoms with van der Waals surface area (Å²) in [5.41, 5.74) is 6.62. The fraction of sp³-hybridized carbons (Fsp3) is 0.455. The van der Waals surface area contributed by atoms with Crippen LogP contribution in [0.1, 0.15) is 24.3 Å².